The zero-order valence-electron chi connectivity index (χ0n) is 12.0. The summed E-state index contributed by atoms with van der Waals surface area (Å²) in [6.45, 7) is 2.73. The van der Waals surface area contributed by atoms with E-state index in [4.69, 9.17) is 0 Å². The highest BCUT2D eigenvalue weighted by atomic mass is 32.2. The van der Waals surface area contributed by atoms with E-state index in [9.17, 15) is 0 Å². The average Bonchev–Trinajstić information content (AvgIpc) is 2.99. The molecule has 3 aromatic rings. The first kappa shape index (κ1) is 13.3. The molecular formula is C15H14N6S. The Morgan fingerprint density at radius 3 is 2.59 bits per heavy atom. The van der Waals surface area contributed by atoms with Gasteiger partial charge in [0.25, 0.3) is 0 Å². The number of hydrogen-bond acceptors (Lipinski definition) is 6. The van der Waals surface area contributed by atoms with Gasteiger partial charge in [-0.3, -0.25) is 4.57 Å². The van der Waals surface area contributed by atoms with Crippen molar-refractivity contribution < 1.29 is 0 Å². The second-order valence-electron chi connectivity index (χ2n) is 5.10. The Bertz CT molecular complexity index is 784. The summed E-state index contributed by atoms with van der Waals surface area (Å²) in [5.41, 5.74) is 2.30. The molecule has 0 bridgehead atoms. The predicted octanol–water partition coefficient (Wildman–Crippen LogP) is 2.57. The lowest BCUT2D eigenvalue weighted by molar-refractivity contribution is 0.597. The van der Waals surface area contributed by atoms with Crippen LogP contribution in [-0.4, -0.2) is 30.6 Å². The SMILES string of the molecule is Cc1ccc(-c2nnc3n2CN(c2ncccn2)CS3)cc1. The van der Waals surface area contributed by atoms with Gasteiger partial charge in [0.2, 0.25) is 5.95 Å². The molecule has 0 atom stereocenters. The zero-order valence-corrected chi connectivity index (χ0v) is 12.9. The molecule has 7 heteroatoms. The highest BCUT2D eigenvalue weighted by Crippen LogP contribution is 2.30. The maximum absolute atomic E-state index is 4.35. The van der Waals surface area contributed by atoms with Gasteiger partial charge in [0.05, 0.1) is 5.88 Å². The van der Waals surface area contributed by atoms with E-state index in [2.05, 4.69) is 60.8 Å². The molecule has 3 heterocycles. The van der Waals surface area contributed by atoms with E-state index in [1.807, 2.05) is 6.07 Å². The molecule has 0 saturated heterocycles. The molecule has 110 valence electrons. The summed E-state index contributed by atoms with van der Waals surface area (Å²) in [7, 11) is 0. The van der Waals surface area contributed by atoms with Gasteiger partial charge in [-0.2, -0.15) is 0 Å². The van der Waals surface area contributed by atoms with E-state index in [1.54, 1.807) is 24.2 Å². The fourth-order valence-electron chi connectivity index (χ4n) is 2.36. The normalized spacial score (nSPS) is 14.0. The van der Waals surface area contributed by atoms with Gasteiger partial charge in [0.15, 0.2) is 11.0 Å². The Morgan fingerprint density at radius 2 is 1.82 bits per heavy atom. The molecule has 1 aliphatic heterocycles. The van der Waals surface area contributed by atoms with E-state index in [-0.39, 0.29) is 0 Å². The summed E-state index contributed by atoms with van der Waals surface area (Å²) < 4.78 is 2.11. The van der Waals surface area contributed by atoms with Crippen molar-refractivity contribution in [3.63, 3.8) is 0 Å². The molecule has 0 aliphatic carbocycles. The number of nitrogens with zero attached hydrogens (tertiary/aromatic N) is 6. The van der Waals surface area contributed by atoms with Crippen molar-refractivity contribution in [1.82, 2.24) is 24.7 Å². The molecule has 6 nitrogen and oxygen atoms in total. The van der Waals surface area contributed by atoms with E-state index < -0.39 is 0 Å². The first-order valence-corrected chi connectivity index (χ1v) is 7.95. The lowest BCUT2D eigenvalue weighted by Gasteiger charge is -2.27. The number of aromatic nitrogens is 5. The number of hydrogen-bond donors (Lipinski definition) is 0. The van der Waals surface area contributed by atoms with Crippen molar-refractivity contribution in [1.29, 1.82) is 0 Å². The van der Waals surface area contributed by atoms with Crippen LogP contribution in [0.4, 0.5) is 5.95 Å². The van der Waals surface area contributed by atoms with Crippen LogP contribution in [0.2, 0.25) is 0 Å². The molecule has 22 heavy (non-hydrogen) atoms. The van der Waals surface area contributed by atoms with Crippen LogP contribution in [0.3, 0.4) is 0 Å². The first-order chi connectivity index (χ1) is 10.8. The topological polar surface area (TPSA) is 59.7 Å². The first-order valence-electron chi connectivity index (χ1n) is 6.96. The van der Waals surface area contributed by atoms with Crippen LogP contribution in [0, 0.1) is 6.92 Å². The highest BCUT2D eigenvalue weighted by Gasteiger charge is 2.23. The van der Waals surface area contributed by atoms with Gasteiger partial charge < -0.3 is 4.90 Å². The Labute approximate surface area is 132 Å². The molecule has 0 spiro atoms. The minimum Gasteiger partial charge on any atom is -0.313 e. The van der Waals surface area contributed by atoms with Crippen LogP contribution in [0.1, 0.15) is 5.56 Å². The van der Waals surface area contributed by atoms with Gasteiger partial charge >= 0.3 is 0 Å². The second kappa shape index (κ2) is 5.42. The van der Waals surface area contributed by atoms with Crippen LogP contribution < -0.4 is 4.90 Å². The summed E-state index contributed by atoms with van der Waals surface area (Å²) in [4.78, 5) is 10.8. The van der Waals surface area contributed by atoms with Gasteiger partial charge in [-0.1, -0.05) is 41.6 Å². The van der Waals surface area contributed by atoms with Crippen molar-refractivity contribution in [2.75, 3.05) is 10.8 Å². The number of thioether (sulfide) groups is 1. The minimum absolute atomic E-state index is 0.655. The maximum Gasteiger partial charge on any atom is 0.227 e. The number of benzene rings is 1. The molecule has 0 saturated carbocycles. The van der Waals surface area contributed by atoms with Gasteiger partial charge in [-0.05, 0) is 13.0 Å². The zero-order chi connectivity index (χ0) is 14.9. The van der Waals surface area contributed by atoms with Gasteiger partial charge in [-0.25, -0.2) is 9.97 Å². The number of fused-ring (bicyclic) bond motifs is 1. The van der Waals surface area contributed by atoms with Crippen molar-refractivity contribution in [3.8, 4) is 11.4 Å². The van der Waals surface area contributed by atoms with Crippen LogP contribution >= 0.6 is 11.8 Å². The summed E-state index contributed by atoms with van der Waals surface area (Å²) in [5, 5.41) is 9.58. The summed E-state index contributed by atoms with van der Waals surface area (Å²) in [6, 6.07) is 10.2. The van der Waals surface area contributed by atoms with Gasteiger partial charge in [0, 0.05) is 18.0 Å². The Morgan fingerprint density at radius 1 is 1.05 bits per heavy atom. The van der Waals surface area contributed by atoms with E-state index in [0.29, 0.717) is 6.67 Å². The summed E-state index contributed by atoms with van der Waals surface area (Å²) in [6.07, 6.45) is 3.52. The smallest absolute Gasteiger partial charge is 0.227 e. The Kier molecular flexibility index (Phi) is 3.27. The second-order valence-corrected chi connectivity index (χ2v) is 6.02. The fourth-order valence-corrected chi connectivity index (χ4v) is 3.23. The number of anilines is 1. The van der Waals surface area contributed by atoms with Gasteiger partial charge in [-0.15, -0.1) is 10.2 Å². The van der Waals surface area contributed by atoms with E-state index in [1.165, 1.54) is 5.56 Å². The number of rotatable bonds is 2. The molecule has 0 radical (unpaired) electrons. The molecular weight excluding hydrogens is 296 g/mol. The summed E-state index contributed by atoms with van der Waals surface area (Å²) in [5.74, 6) is 2.38. The molecule has 2 aromatic heterocycles. The predicted molar refractivity (Wildman–Crippen MR) is 85.4 cm³/mol. The van der Waals surface area contributed by atoms with Crippen molar-refractivity contribution in [3.05, 3.63) is 48.3 Å². The van der Waals surface area contributed by atoms with E-state index >= 15 is 0 Å². The maximum atomic E-state index is 4.35. The van der Waals surface area contributed by atoms with Crippen molar-refractivity contribution >= 4 is 17.7 Å². The van der Waals surface area contributed by atoms with E-state index in [0.717, 1.165) is 28.4 Å². The third-order valence-electron chi connectivity index (χ3n) is 3.52. The quantitative estimate of drug-likeness (QED) is 0.725. The molecule has 0 N–H and O–H groups in total. The highest BCUT2D eigenvalue weighted by molar-refractivity contribution is 7.99. The van der Waals surface area contributed by atoms with Crippen molar-refractivity contribution in [2.24, 2.45) is 0 Å². The van der Waals surface area contributed by atoms with Crippen LogP contribution in [-0.2, 0) is 6.67 Å². The van der Waals surface area contributed by atoms with Crippen LogP contribution in [0.25, 0.3) is 11.4 Å². The molecule has 0 fully saturated rings. The molecule has 1 aromatic carbocycles. The Hall–Kier alpha value is -2.41. The molecule has 4 rings (SSSR count). The third-order valence-corrected chi connectivity index (χ3v) is 4.52. The van der Waals surface area contributed by atoms with Gasteiger partial charge in [0.1, 0.15) is 6.67 Å². The fraction of sp³-hybridized carbons (Fsp3) is 0.200. The monoisotopic (exact) mass is 310 g/mol. The standard InChI is InChI=1S/C15H14N6S/c1-11-3-5-12(6-4-11)13-18-19-15-21(13)9-20(10-22-15)14-16-7-2-8-17-14/h2-8H,9-10H2,1H3. The largest absolute Gasteiger partial charge is 0.313 e. The summed E-state index contributed by atoms with van der Waals surface area (Å²) >= 11 is 1.65. The van der Waals surface area contributed by atoms with Crippen LogP contribution in [0.15, 0.2) is 47.9 Å². The van der Waals surface area contributed by atoms with Crippen molar-refractivity contribution in [2.45, 2.75) is 18.7 Å². The lowest BCUT2D eigenvalue weighted by Crippen LogP contribution is -2.31. The lowest BCUT2D eigenvalue weighted by atomic mass is 10.1. The molecule has 0 amide bonds. The minimum atomic E-state index is 0.655. The molecule has 0 unspecified atom stereocenters. The third kappa shape index (κ3) is 2.33. The Balaban J connectivity index is 1.69. The van der Waals surface area contributed by atoms with Crippen LogP contribution in [0.5, 0.6) is 0 Å². The molecule has 1 aliphatic rings. The average molecular weight is 310 g/mol. The number of aryl methyl sites for hydroxylation is 1.